The summed E-state index contributed by atoms with van der Waals surface area (Å²) in [5.74, 6) is 1.04. The van der Waals surface area contributed by atoms with E-state index >= 15 is 0 Å². The maximum absolute atomic E-state index is 3.82. The Morgan fingerprint density at radius 2 is 2.08 bits per heavy atom. The Labute approximate surface area is 75.9 Å². The molecule has 1 heterocycles. The van der Waals surface area contributed by atoms with Gasteiger partial charge in [-0.05, 0) is 38.0 Å². The molecule has 0 aromatic rings. The molecule has 0 radical (unpaired) electrons. The van der Waals surface area contributed by atoms with Crippen LogP contribution >= 0.6 is 0 Å². The van der Waals surface area contributed by atoms with E-state index in [4.69, 9.17) is 0 Å². The van der Waals surface area contributed by atoms with Gasteiger partial charge in [0, 0.05) is 12.1 Å². The number of rotatable bonds is 2. The Bertz CT molecular complexity index is 144. The number of nitrogens with one attached hydrogen (secondary N) is 1. The van der Waals surface area contributed by atoms with Crippen molar-refractivity contribution in [3.8, 4) is 0 Å². The van der Waals surface area contributed by atoms with Crippen LogP contribution in [0.1, 0.15) is 51.9 Å². The Hall–Kier alpha value is -0.0400. The lowest BCUT2D eigenvalue weighted by molar-refractivity contribution is 0.249. The van der Waals surface area contributed by atoms with Crippen molar-refractivity contribution < 1.29 is 0 Å². The van der Waals surface area contributed by atoms with Crippen molar-refractivity contribution >= 4 is 0 Å². The van der Waals surface area contributed by atoms with Crippen molar-refractivity contribution in [2.75, 3.05) is 0 Å². The lowest BCUT2D eigenvalue weighted by Gasteiger charge is -2.33. The molecule has 70 valence electrons. The van der Waals surface area contributed by atoms with E-state index < -0.39 is 0 Å². The highest BCUT2D eigenvalue weighted by atomic mass is 15.0. The quantitative estimate of drug-likeness (QED) is 0.667. The highest BCUT2D eigenvalue weighted by Crippen LogP contribution is 2.34. The molecule has 1 saturated heterocycles. The van der Waals surface area contributed by atoms with E-state index in [2.05, 4.69) is 12.2 Å². The number of fused-ring (bicyclic) bond motifs is 1. The maximum atomic E-state index is 3.82. The van der Waals surface area contributed by atoms with Gasteiger partial charge in [-0.1, -0.05) is 19.8 Å². The van der Waals surface area contributed by atoms with Gasteiger partial charge < -0.3 is 5.32 Å². The molecule has 1 heteroatoms. The second kappa shape index (κ2) is 3.78. The predicted octanol–water partition coefficient (Wildman–Crippen LogP) is 2.71. The molecule has 2 aliphatic rings. The molecular weight excluding hydrogens is 146 g/mol. The SMILES string of the molecule is CCCC1CCC2CCCC2N1. The summed E-state index contributed by atoms with van der Waals surface area (Å²) in [5, 5.41) is 3.82. The number of hydrogen-bond donors (Lipinski definition) is 1. The minimum atomic E-state index is 0.856. The highest BCUT2D eigenvalue weighted by Gasteiger charge is 2.32. The predicted molar refractivity (Wildman–Crippen MR) is 52.2 cm³/mol. The molecule has 0 aromatic carbocycles. The number of piperidine rings is 1. The third-order valence-corrected chi connectivity index (χ3v) is 3.63. The summed E-state index contributed by atoms with van der Waals surface area (Å²) in [5.41, 5.74) is 0. The van der Waals surface area contributed by atoms with Gasteiger partial charge in [-0.15, -0.1) is 0 Å². The van der Waals surface area contributed by atoms with Crippen molar-refractivity contribution in [2.24, 2.45) is 5.92 Å². The molecule has 3 unspecified atom stereocenters. The average Bonchev–Trinajstić information content (AvgIpc) is 2.51. The van der Waals surface area contributed by atoms with Gasteiger partial charge in [0.1, 0.15) is 0 Å². The van der Waals surface area contributed by atoms with Crippen molar-refractivity contribution in [2.45, 2.75) is 64.0 Å². The van der Waals surface area contributed by atoms with E-state index in [0.717, 1.165) is 18.0 Å². The molecule has 0 aromatic heterocycles. The van der Waals surface area contributed by atoms with Crippen LogP contribution in [0, 0.1) is 5.92 Å². The third-order valence-electron chi connectivity index (χ3n) is 3.63. The van der Waals surface area contributed by atoms with Gasteiger partial charge in [-0.3, -0.25) is 0 Å². The molecule has 12 heavy (non-hydrogen) atoms. The smallest absolute Gasteiger partial charge is 0.00979 e. The largest absolute Gasteiger partial charge is 0.311 e. The second-order valence-corrected chi connectivity index (χ2v) is 4.53. The Balaban J connectivity index is 1.84. The minimum absolute atomic E-state index is 0.856. The monoisotopic (exact) mass is 167 g/mol. The summed E-state index contributed by atoms with van der Waals surface area (Å²) in [6, 6.07) is 1.75. The van der Waals surface area contributed by atoms with Crippen LogP contribution < -0.4 is 5.32 Å². The minimum Gasteiger partial charge on any atom is -0.311 e. The zero-order valence-corrected chi connectivity index (χ0v) is 8.18. The van der Waals surface area contributed by atoms with E-state index in [1.807, 2.05) is 0 Å². The summed E-state index contributed by atoms with van der Waals surface area (Å²) < 4.78 is 0. The summed E-state index contributed by atoms with van der Waals surface area (Å²) in [6.07, 6.45) is 10.1. The van der Waals surface area contributed by atoms with Crippen molar-refractivity contribution in [3.63, 3.8) is 0 Å². The van der Waals surface area contributed by atoms with Gasteiger partial charge >= 0.3 is 0 Å². The summed E-state index contributed by atoms with van der Waals surface area (Å²) >= 11 is 0. The van der Waals surface area contributed by atoms with Crippen LogP contribution in [0.2, 0.25) is 0 Å². The molecule has 1 nitrogen and oxygen atoms in total. The molecule has 1 aliphatic carbocycles. The first kappa shape index (κ1) is 8.55. The summed E-state index contributed by atoms with van der Waals surface area (Å²) in [4.78, 5) is 0. The van der Waals surface area contributed by atoms with Crippen LogP contribution in [-0.4, -0.2) is 12.1 Å². The van der Waals surface area contributed by atoms with Crippen LogP contribution in [0.25, 0.3) is 0 Å². The van der Waals surface area contributed by atoms with E-state index in [-0.39, 0.29) is 0 Å². The number of hydrogen-bond acceptors (Lipinski definition) is 1. The van der Waals surface area contributed by atoms with Crippen LogP contribution in [-0.2, 0) is 0 Å². The van der Waals surface area contributed by atoms with Gasteiger partial charge in [-0.25, -0.2) is 0 Å². The normalized spacial score (nSPS) is 41.2. The topological polar surface area (TPSA) is 12.0 Å². The average molecular weight is 167 g/mol. The molecule has 1 saturated carbocycles. The molecule has 0 spiro atoms. The van der Waals surface area contributed by atoms with E-state index in [1.54, 1.807) is 0 Å². The Morgan fingerprint density at radius 3 is 2.92 bits per heavy atom. The standard InChI is InChI=1S/C11H21N/c1-2-4-10-8-7-9-5-3-6-11(9)12-10/h9-12H,2-8H2,1H3. The van der Waals surface area contributed by atoms with Crippen LogP contribution in [0.5, 0.6) is 0 Å². The molecular formula is C11H21N. The molecule has 1 N–H and O–H groups in total. The van der Waals surface area contributed by atoms with Crippen molar-refractivity contribution in [1.82, 2.24) is 5.32 Å². The van der Waals surface area contributed by atoms with E-state index in [0.29, 0.717) is 0 Å². The van der Waals surface area contributed by atoms with Gasteiger partial charge in [0.15, 0.2) is 0 Å². The highest BCUT2D eigenvalue weighted by molar-refractivity contribution is 4.90. The second-order valence-electron chi connectivity index (χ2n) is 4.53. The van der Waals surface area contributed by atoms with E-state index in [1.165, 1.54) is 44.9 Å². The van der Waals surface area contributed by atoms with Crippen LogP contribution in [0.4, 0.5) is 0 Å². The van der Waals surface area contributed by atoms with Crippen LogP contribution in [0.3, 0.4) is 0 Å². The van der Waals surface area contributed by atoms with Gasteiger partial charge in [0.25, 0.3) is 0 Å². The van der Waals surface area contributed by atoms with Gasteiger partial charge in [0.05, 0.1) is 0 Å². The van der Waals surface area contributed by atoms with E-state index in [9.17, 15) is 0 Å². The molecule has 1 aliphatic heterocycles. The zero-order valence-electron chi connectivity index (χ0n) is 8.18. The van der Waals surface area contributed by atoms with Gasteiger partial charge in [-0.2, -0.15) is 0 Å². The summed E-state index contributed by atoms with van der Waals surface area (Å²) in [7, 11) is 0. The first-order valence-electron chi connectivity index (χ1n) is 5.66. The first-order valence-corrected chi connectivity index (χ1v) is 5.66. The first-order chi connectivity index (χ1) is 5.90. The molecule has 2 rings (SSSR count). The lowest BCUT2D eigenvalue weighted by atomic mass is 9.88. The van der Waals surface area contributed by atoms with Crippen LogP contribution in [0.15, 0.2) is 0 Å². The van der Waals surface area contributed by atoms with Gasteiger partial charge in [0.2, 0.25) is 0 Å². The van der Waals surface area contributed by atoms with Crippen molar-refractivity contribution in [1.29, 1.82) is 0 Å². The molecule has 2 fully saturated rings. The fraction of sp³-hybridized carbons (Fsp3) is 1.00. The third kappa shape index (κ3) is 1.66. The Morgan fingerprint density at radius 1 is 1.17 bits per heavy atom. The maximum Gasteiger partial charge on any atom is 0.00979 e. The summed E-state index contributed by atoms with van der Waals surface area (Å²) in [6.45, 7) is 2.29. The molecule has 3 atom stereocenters. The molecule has 0 amide bonds. The lowest BCUT2D eigenvalue weighted by Crippen LogP contribution is -2.44. The fourth-order valence-electron chi connectivity index (χ4n) is 2.98. The fourth-order valence-corrected chi connectivity index (χ4v) is 2.98. The Kier molecular flexibility index (Phi) is 2.69. The molecule has 0 bridgehead atoms. The zero-order chi connectivity index (χ0) is 8.39. The van der Waals surface area contributed by atoms with Crippen molar-refractivity contribution in [3.05, 3.63) is 0 Å².